The van der Waals surface area contributed by atoms with E-state index in [9.17, 15) is 24.8 Å². The Kier molecular flexibility index (Phi) is 5.06. The normalized spacial score (nSPS) is 17.1. The molecular formula is C16H17N3O6. The number of carbonyl (C=O) groups excluding carboxylic acids is 1. The molecule has 25 heavy (non-hydrogen) atoms. The molecule has 1 aromatic carbocycles. The highest BCUT2D eigenvalue weighted by Crippen LogP contribution is 2.38. The van der Waals surface area contributed by atoms with Gasteiger partial charge in [-0.3, -0.25) is 10.1 Å². The lowest BCUT2D eigenvalue weighted by atomic mass is 9.81. The maximum absolute atomic E-state index is 12.4. The number of carboxylic acids is 1. The molecule has 0 bridgehead atoms. The van der Waals surface area contributed by atoms with Crippen molar-refractivity contribution >= 4 is 17.6 Å². The lowest BCUT2D eigenvalue weighted by Crippen LogP contribution is -2.35. The number of esters is 1. The smallest absolute Gasteiger partial charge is 0.336 e. The zero-order valence-electron chi connectivity index (χ0n) is 13.6. The van der Waals surface area contributed by atoms with E-state index in [1.807, 2.05) is 0 Å². The number of carboxylic acid groups (broad SMARTS) is 1. The highest BCUT2D eigenvalue weighted by molar-refractivity contribution is 5.99. The highest BCUT2D eigenvalue weighted by atomic mass is 16.6. The molecule has 9 nitrogen and oxygen atoms in total. The van der Waals surface area contributed by atoms with Crippen LogP contribution in [0.1, 0.15) is 25.3 Å². The Morgan fingerprint density at radius 3 is 2.64 bits per heavy atom. The fourth-order valence-corrected chi connectivity index (χ4v) is 2.72. The molecule has 0 amide bonds. The summed E-state index contributed by atoms with van der Waals surface area (Å²) in [7, 11) is 0. The molecule has 0 spiro atoms. The Morgan fingerprint density at radius 1 is 1.40 bits per heavy atom. The summed E-state index contributed by atoms with van der Waals surface area (Å²) in [6, 6.07) is 5.42. The first kappa shape index (κ1) is 18.0. The molecule has 0 fully saturated rings. The van der Waals surface area contributed by atoms with E-state index >= 15 is 0 Å². The van der Waals surface area contributed by atoms with Crippen LogP contribution in [-0.2, 0) is 14.3 Å². The lowest BCUT2D eigenvalue weighted by molar-refractivity contribution is -0.384. The van der Waals surface area contributed by atoms with Crippen LogP contribution >= 0.6 is 0 Å². The van der Waals surface area contributed by atoms with Gasteiger partial charge in [0.15, 0.2) is 0 Å². The second kappa shape index (κ2) is 7.04. The van der Waals surface area contributed by atoms with E-state index in [0.29, 0.717) is 5.70 Å². The van der Waals surface area contributed by atoms with Crippen LogP contribution in [0.5, 0.6) is 0 Å². The van der Waals surface area contributed by atoms with Gasteiger partial charge in [0.1, 0.15) is 5.82 Å². The number of nitrogens with two attached hydrogens (primary N) is 1. The second-order valence-electron chi connectivity index (χ2n) is 5.30. The van der Waals surface area contributed by atoms with E-state index in [0.717, 1.165) is 0 Å². The Bertz CT molecular complexity index is 812. The first-order valence-corrected chi connectivity index (χ1v) is 7.40. The van der Waals surface area contributed by atoms with Crippen LogP contribution in [0.25, 0.3) is 0 Å². The molecule has 0 aliphatic carbocycles. The highest BCUT2D eigenvalue weighted by Gasteiger charge is 2.38. The van der Waals surface area contributed by atoms with Crippen molar-refractivity contribution < 1.29 is 24.4 Å². The van der Waals surface area contributed by atoms with Crippen LogP contribution in [0.3, 0.4) is 0 Å². The van der Waals surface area contributed by atoms with Crippen LogP contribution in [0.15, 0.2) is 46.9 Å². The minimum atomic E-state index is -1.34. The molecule has 4 N–H and O–H groups in total. The molecule has 1 aliphatic rings. The number of non-ortho nitro benzene ring substituents is 1. The number of hydrogen-bond donors (Lipinski definition) is 3. The molecule has 0 saturated carbocycles. The molecule has 1 unspecified atom stereocenters. The molecule has 1 aliphatic heterocycles. The number of benzene rings is 1. The molecular weight excluding hydrogens is 330 g/mol. The van der Waals surface area contributed by atoms with Crippen LogP contribution in [0.4, 0.5) is 5.69 Å². The summed E-state index contributed by atoms with van der Waals surface area (Å²) in [5, 5.41) is 23.2. The largest absolute Gasteiger partial charge is 0.478 e. The quantitative estimate of drug-likeness (QED) is 0.411. The number of ether oxygens (including phenoxy) is 1. The van der Waals surface area contributed by atoms with E-state index in [1.54, 1.807) is 13.8 Å². The fraction of sp³-hybridized carbons (Fsp3) is 0.250. The lowest BCUT2D eigenvalue weighted by Gasteiger charge is -2.29. The van der Waals surface area contributed by atoms with Crippen molar-refractivity contribution in [3.63, 3.8) is 0 Å². The van der Waals surface area contributed by atoms with Gasteiger partial charge >= 0.3 is 11.9 Å². The van der Waals surface area contributed by atoms with Crippen LogP contribution < -0.4 is 11.1 Å². The topological polar surface area (TPSA) is 145 Å². The van der Waals surface area contributed by atoms with Gasteiger partial charge in [-0.05, 0) is 19.4 Å². The summed E-state index contributed by atoms with van der Waals surface area (Å²) >= 11 is 0. The van der Waals surface area contributed by atoms with E-state index in [1.165, 1.54) is 24.3 Å². The number of allylic oxidation sites excluding steroid dienone is 1. The standard InChI is InChI=1S/C16H17N3O6/c1-3-25-16(22)11-8(2)18-14(17)13(15(20)21)12(11)9-5-4-6-10(7-9)19(23)24/h4-7,12,18H,3,17H2,1-2H3,(H,20,21). The van der Waals surface area contributed by atoms with Crippen molar-refractivity contribution in [1.29, 1.82) is 0 Å². The van der Waals surface area contributed by atoms with Gasteiger partial charge in [-0.25, -0.2) is 9.59 Å². The van der Waals surface area contributed by atoms with Gasteiger partial charge in [-0.2, -0.15) is 0 Å². The Labute approximate surface area is 142 Å². The summed E-state index contributed by atoms with van der Waals surface area (Å²) in [5.74, 6) is -3.27. The zero-order chi connectivity index (χ0) is 18.7. The van der Waals surface area contributed by atoms with Gasteiger partial charge in [-0.1, -0.05) is 12.1 Å². The number of nitrogens with zero attached hydrogens (tertiary/aromatic N) is 1. The number of hydrogen-bond acceptors (Lipinski definition) is 7. The fourth-order valence-electron chi connectivity index (χ4n) is 2.72. The first-order valence-electron chi connectivity index (χ1n) is 7.40. The van der Waals surface area contributed by atoms with Crippen LogP contribution in [0.2, 0.25) is 0 Å². The average molecular weight is 347 g/mol. The minimum Gasteiger partial charge on any atom is -0.478 e. The number of nitro benzene ring substituents is 1. The third-order valence-electron chi connectivity index (χ3n) is 3.73. The molecule has 2 rings (SSSR count). The monoisotopic (exact) mass is 347 g/mol. The maximum atomic E-state index is 12.4. The molecule has 1 atom stereocenters. The Morgan fingerprint density at radius 2 is 2.08 bits per heavy atom. The predicted octanol–water partition coefficient (Wildman–Crippen LogP) is 1.37. The van der Waals surface area contributed by atoms with Gasteiger partial charge in [-0.15, -0.1) is 0 Å². The number of nitro groups is 1. The van der Waals surface area contributed by atoms with E-state index in [4.69, 9.17) is 10.5 Å². The van der Waals surface area contributed by atoms with Gasteiger partial charge < -0.3 is 20.9 Å². The number of nitrogens with one attached hydrogen (secondary N) is 1. The average Bonchev–Trinajstić information content (AvgIpc) is 2.53. The number of dihydropyridines is 1. The number of carbonyl (C=O) groups is 2. The predicted molar refractivity (Wildman–Crippen MR) is 87.2 cm³/mol. The molecule has 132 valence electrons. The van der Waals surface area contributed by atoms with Crippen LogP contribution in [-0.4, -0.2) is 28.6 Å². The van der Waals surface area contributed by atoms with Crippen molar-refractivity contribution in [2.24, 2.45) is 5.73 Å². The third-order valence-corrected chi connectivity index (χ3v) is 3.73. The molecule has 1 heterocycles. The number of aliphatic carboxylic acids is 1. The van der Waals surface area contributed by atoms with Crippen molar-refractivity contribution in [2.45, 2.75) is 19.8 Å². The van der Waals surface area contributed by atoms with Crippen molar-refractivity contribution in [3.05, 3.63) is 62.6 Å². The van der Waals surface area contributed by atoms with Gasteiger partial charge in [0.2, 0.25) is 0 Å². The van der Waals surface area contributed by atoms with Crippen molar-refractivity contribution in [1.82, 2.24) is 5.32 Å². The van der Waals surface area contributed by atoms with Crippen molar-refractivity contribution in [2.75, 3.05) is 6.61 Å². The van der Waals surface area contributed by atoms with Gasteiger partial charge in [0.05, 0.1) is 28.6 Å². The van der Waals surface area contributed by atoms with Crippen LogP contribution in [0, 0.1) is 10.1 Å². The first-order chi connectivity index (χ1) is 11.8. The summed E-state index contributed by atoms with van der Waals surface area (Å²) in [6.45, 7) is 3.27. The van der Waals surface area contributed by atoms with Crippen molar-refractivity contribution in [3.8, 4) is 0 Å². The van der Waals surface area contributed by atoms with Gasteiger partial charge in [0, 0.05) is 17.8 Å². The minimum absolute atomic E-state index is 0.0500. The number of rotatable bonds is 5. The van der Waals surface area contributed by atoms with Gasteiger partial charge in [0.25, 0.3) is 5.69 Å². The Balaban J connectivity index is 2.69. The van der Waals surface area contributed by atoms with E-state index < -0.39 is 22.8 Å². The summed E-state index contributed by atoms with van der Waals surface area (Å²) in [5.41, 5.74) is 5.95. The van der Waals surface area contributed by atoms with E-state index in [-0.39, 0.29) is 34.8 Å². The molecule has 0 saturated heterocycles. The Hall–Kier alpha value is -3.36. The molecule has 9 heteroatoms. The summed E-state index contributed by atoms with van der Waals surface area (Å²) in [4.78, 5) is 34.5. The second-order valence-corrected chi connectivity index (χ2v) is 5.30. The summed E-state index contributed by atoms with van der Waals surface area (Å²) in [6.07, 6.45) is 0. The van der Waals surface area contributed by atoms with E-state index in [2.05, 4.69) is 5.32 Å². The molecule has 0 radical (unpaired) electrons. The maximum Gasteiger partial charge on any atom is 0.336 e. The summed E-state index contributed by atoms with van der Waals surface area (Å²) < 4.78 is 5.02. The SMILES string of the molecule is CCOC(=O)C1=C(C)NC(N)=C(C(=O)O)C1c1cccc([N+](=O)[O-])c1. The molecule has 1 aromatic rings. The molecule has 0 aromatic heterocycles. The zero-order valence-corrected chi connectivity index (χ0v) is 13.6. The third kappa shape index (κ3) is 3.44.